The lowest BCUT2D eigenvalue weighted by Crippen LogP contribution is -2.35. The van der Waals surface area contributed by atoms with Crippen LogP contribution in [0.25, 0.3) is 0 Å². The van der Waals surface area contributed by atoms with E-state index in [9.17, 15) is 0 Å². The zero-order valence-electron chi connectivity index (χ0n) is 7.84. The van der Waals surface area contributed by atoms with Crippen molar-refractivity contribution in [3.8, 4) is 0 Å². The highest BCUT2D eigenvalue weighted by atomic mass is 32.2. The van der Waals surface area contributed by atoms with Crippen molar-refractivity contribution >= 4 is 11.8 Å². The van der Waals surface area contributed by atoms with Crippen LogP contribution in [0, 0.1) is 0 Å². The van der Waals surface area contributed by atoms with Gasteiger partial charge >= 0.3 is 0 Å². The highest BCUT2D eigenvalue weighted by Gasteiger charge is 2.07. The minimum atomic E-state index is 0.564. The number of nitrogens with zero attached hydrogens (tertiary/aromatic N) is 1. The van der Waals surface area contributed by atoms with Crippen LogP contribution >= 0.6 is 11.8 Å². The molecule has 0 rings (SSSR count). The Labute approximate surface area is 74.5 Å². The van der Waals surface area contributed by atoms with Gasteiger partial charge in [-0.15, -0.1) is 0 Å². The monoisotopic (exact) mass is 176 g/mol. The maximum atomic E-state index is 5.61. The highest BCUT2D eigenvalue weighted by Crippen LogP contribution is 2.06. The molecule has 0 fully saturated rings. The Bertz CT molecular complexity index is 86.2. The molecule has 0 aromatic carbocycles. The highest BCUT2D eigenvalue weighted by molar-refractivity contribution is 7.99. The van der Waals surface area contributed by atoms with E-state index in [2.05, 4.69) is 25.9 Å². The van der Waals surface area contributed by atoms with Crippen molar-refractivity contribution in [1.29, 1.82) is 0 Å². The molecule has 0 aliphatic carbocycles. The molecule has 2 nitrogen and oxygen atoms in total. The average Bonchev–Trinajstić information content (AvgIpc) is 1.97. The van der Waals surface area contributed by atoms with Gasteiger partial charge in [-0.25, -0.2) is 0 Å². The molecule has 0 heterocycles. The van der Waals surface area contributed by atoms with E-state index >= 15 is 0 Å². The van der Waals surface area contributed by atoms with E-state index in [1.54, 1.807) is 0 Å². The second-order valence-electron chi connectivity index (χ2n) is 2.84. The van der Waals surface area contributed by atoms with Crippen LogP contribution in [-0.2, 0) is 0 Å². The van der Waals surface area contributed by atoms with Gasteiger partial charge in [-0.05, 0) is 32.0 Å². The first kappa shape index (κ1) is 11.3. The molecule has 1 unspecified atom stereocenters. The van der Waals surface area contributed by atoms with Gasteiger partial charge in [-0.3, -0.25) is 0 Å². The normalized spacial score (nSPS) is 13.9. The third-order valence-corrected chi connectivity index (χ3v) is 2.73. The van der Waals surface area contributed by atoms with Gasteiger partial charge in [0, 0.05) is 12.6 Å². The van der Waals surface area contributed by atoms with Crippen molar-refractivity contribution in [3.63, 3.8) is 0 Å². The van der Waals surface area contributed by atoms with E-state index in [1.807, 2.05) is 11.8 Å². The summed E-state index contributed by atoms with van der Waals surface area (Å²) < 4.78 is 0. The molecule has 0 aliphatic rings. The summed E-state index contributed by atoms with van der Waals surface area (Å²) in [5.74, 6) is 2.45. The van der Waals surface area contributed by atoms with Gasteiger partial charge in [-0.1, -0.05) is 6.92 Å². The third-order valence-electron chi connectivity index (χ3n) is 1.80. The molecular formula is C8H20N2S. The Morgan fingerprint density at radius 1 is 1.45 bits per heavy atom. The molecule has 0 aromatic heterocycles. The van der Waals surface area contributed by atoms with Crippen molar-refractivity contribution in [2.45, 2.75) is 19.4 Å². The summed E-state index contributed by atoms with van der Waals surface area (Å²) in [7, 11) is 4.18. The second-order valence-corrected chi connectivity index (χ2v) is 4.23. The van der Waals surface area contributed by atoms with Crippen LogP contribution in [0.4, 0.5) is 0 Å². The van der Waals surface area contributed by atoms with E-state index in [0.29, 0.717) is 6.04 Å². The summed E-state index contributed by atoms with van der Waals surface area (Å²) in [4.78, 5) is 2.20. The fourth-order valence-corrected chi connectivity index (χ4v) is 1.68. The number of likely N-dealkylation sites (N-methyl/N-ethyl adjacent to an activating group) is 1. The molecule has 0 spiro atoms. The van der Waals surface area contributed by atoms with Crippen molar-refractivity contribution in [2.75, 3.05) is 32.1 Å². The molecule has 3 heteroatoms. The number of rotatable bonds is 6. The van der Waals surface area contributed by atoms with Gasteiger partial charge in [-0.2, -0.15) is 11.8 Å². The number of hydrogen-bond donors (Lipinski definition) is 1. The Morgan fingerprint density at radius 3 is 2.45 bits per heavy atom. The number of nitrogens with two attached hydrogens (primary N) is 1. The van der Waals surface area contributed by atoms with Crippen LogP contribution < -0.4 is 5.73 Å². The Kier molecular flexibility index (Phi) is 7.12. The lowest BCUT2D eigenvalue weighted by Gasteiger charge is -2.21. The smallest absolute Gasteiger partial charge is 0.0220 e. The first-order valence-electron chi connectivity index (χ1n) is 4.16. The van der Waals surface area contributed by atoms with E-state index < -0.39 is 0 Å². The number of thioether (sulfide) groups is 1. The first-order chi connectivity index (χ1) is 5.22. The molecule has 1 atom stereocenters. The molecule has 0 radical (unpaired) electrons. The van der Waals surface area contributed by atoms with Crippen LogP contribution in [0.5, 0.6) is 0 Å². The average molecular weight is 176 g/mol. The van der Waals surface area contributed by atoms with Gasteiger partial charge in [0.25, 0.3) is 0 Å². The predicted molar refractivity (Wildman–Crippen MR) is 54.1 cm³/mol. The fourth-order valence-electron chi connectivity index (χ4n) is 0.951. The van der Waals surface area contributed by atoms with Crippen LogP contribution in [0.2, 0.25) is 0 Å². The standard InChI is InChI=1S/C8H20N2S/c1-4-11-6-5-8(7-9)10(2)3/h8H,4-7,9H2,1-3H3. The minimum Gasteiger partial charge on any atom is -0.329 e. The minimum absolute atomic E-state index is 0.564. The largest absolute Gasteiger partial charge is 0.329 e. The maximum Gasteiger partial charge on any atom is 0.0220 e. The third kappa shape index (κ3) is 5.53. The summed E-state index contributed by atoms with van der Waals surface area (Å²) in [6.07, 6.45) is 1.21. The summed E-state index contributed by atoms with van der Waals surface area (Å²) in [6, 6.07) is 0.564. The molecule has 0 bridgehead atoms. The maximum absolute atomic E-state index is 5.61. The Hall–Kier alpha value is 0.270. The van der Waals surface area contributed by atoms with Crippen LogP contribution in [0.3, 0.4) is 0 Å². The zero-order chi connectivity index (χ0) is 8.69. The summed E-state index contributed by atoms with van der Waals surface area (Å²) in [5.41, 5.74) is 5.61. The van der Waals surface area contributed by atoms with Crippen molar-refractivity contribution < 1.29 is 0 Å². The molecule has 0 saturated carbocycles. The van der Waals surface area contributed by atoms with Gasteiger partial charge in [0.05, 0.1) is 0 Å². The Morgan fingerprint density at radius 2 is 2.09 bits per heavy atom. The van der Waals surface area contributed by atoms with E-state index in [4.69, 9.17) is 5.73 Å². The predicted octanol–water partition coefficient (Wildman–Crippen LogP) is 1.02. The van der Waals surface area contributed by atoms with Gasteiger partial charge < -0.3 is 10.6 Å². The molecule has 11 heavy (non-hydrogen) atoms. The summed E-state index contributed by atoms with van der Waals surface area (Å²) in [6.45, 7) is 2.97. The molecule has 68 valence electrons. The van der Waals surface area contributed by atoms with Crippen molar-refractivity contribution in [1.82, 2.24) is 4.90 Å². The van der Waals surface area contributed by atoms with Gasteiger partial charge in [0.1, 0.15) is 0 Å². The SMILES string of the molecule is CCSCCC(CN)N(C)C. The van der Waals surface area contributed by atoms with Crippen LogP contribution in [-0.4, -0.2) is 43.1 Å². The number of hydrogen-bond acceptors (Lipinski definition) is 3. The van der Waals surface area contributed by atoms with Gasteiger partial charge in [0.15, 0.2) is 0 Å². The summed E-state index contributed by atoms with van der Waals surface area (Å²) in [5, 5.41) is 0. The van der Waals surface area contributed by atoms with Crippen LogP contribution in [0.15, 0.2) is 0 Å². The van der Waals surface area contributed by atoms with E-state index in [-0.39, 0.29) is 0 Å². The summed E-state index contributed by atoms with van der Waals surface area (Å²) >= 11 is 1.99. The first-order valence-corrected chi connectivity index (χ1v) is 5.32. The lowest BCUT2D eigenvalue weighted by molar-refractivity contribution is 0.294. The molecule has 0 saturated heterocycles. The van der Waals surface area contributed by atoms with Crippen molar-refractivity contribution in [2.24, 2.45) is 5.73 Å². The van der Waals surface area contributed by atoms with E-state index in [1.165, 1.54) is 17.9 Å². The lowest BCUT2D eigenvalue weighted by atomic mass is 10.2. The quantitative estimate of drug-likeness (QED) is 0.613. The molecule has 0 aromatic rings. The van der Waals surface area contributed by atoms with E-state index in [0.717, 1.165) is 6.54 Å². The Balaban J connectivity index is 3.36. The zero-order valence-corrected chi connectivity index (χ0v) is 8.66. The fraction of sp³-hybridized carbons (Fsp3) is 1.00. The molecule has 0 amide bonds. The molecule has 2 N–H and O–H groups in total. The molecular weight excluding hydrogens is 156 g/mol. The second kappa shape index (κ2) is 6.95. The molecule has 0 aliphatic heterocycles. The van der Waals surface area contributed by atoms with Gasteiger partial charge in [0.2, 0.25) is 0 Å². The van der Waals surface area contributed by atoms with Crippen LogP contribution in [0.1, 0.15) is 13.3 Å². The van der Waals surface area contributed by atoms with Crippen molar-refractivity contribution in [3.05, 3.63) is 0 Å². The topological polar surface area (TPSA) is 29.3 Å².